The monoisotopic (exact) mass is 430 g/mol. The van der Waals surface area contributed by atoms with E-state index in [9.17, 15) is 4.79 Å². The van der Waals surface area contributed by atoms with Gasteiger partial charge in [-0.15, -0.1) is 0 Å². The molecule has 3 rings (SSSR count). The summed E-state index contributed by atoms with van der Waals surface area (Å²) in [5, 5.41) is 12.1. The number of rotatable bonds is 5. The summed E-state index contributed by atoms with van der Waals surface area (Å²) in [5.41, 5.74) is 0.738. The van der Waals surface area contributed by atoms with Gasteiger partial charge in [0.15, 0.2) is 0 Å². The van der Waals surface area contributed by atoms with Gasteiger partial charge >= 0.3 is 0 Å². The van der Waals surface area contributed by atoms with E-state index in [1.165, 1.54) is 12.4 Å². The molecule has 0 radical (unpaired) electrons. The lowest BCUT2D eigenvalue weighted by atomic mass is 9.92. The van der Waals surface area contributed by atoms with Crippen LogP contribution < -0.4 is 14.8 Å². The molecule has 1 aliphatic rings. The quantitative estimate of drug-likeness (QED) is 0.781. The van der Waals surface area contributed by atoms with Crippen LogP contribution in [0, 0.1) is 11.3 Å². The SMILES string of the molecule is COc1ccc(Br)c(C(=O)NC2CCC(Oc3nccnc3C#N)CC2)c1. The molecule has 1 fully saturated rings. The number of methoxy groups -OCH3 is 1. The Morgan fingerprint density at radius 1 is 1.26 bits per heavy atom. The van der Waals surface area contributed by atoms with E-state index in [1.807, 2.05) is 6.07 Å². The van der Waals surface area contributed by atoms with Crippen LogP contribution in [0.15, 0.2) is 35.1 Å². The summed E-state index contributed by atoms with van der Waals surface area (Å²) in [6, 6.07) is 7.37. The summed E-state index contributed by atoms with van der Waals surface area (Å²) < 4.78 is 11.7. The third-order valence-corrected chi connectivity index (χ3v) is 5.17. The van der Waals surface area contributed by atoms with E-state index in [1.54, 1.807) is 25.3 Å². The molecule has 0 unspecified atom stereocenters. The number of amides is 1. The average Bonchev–Trinajstić information content (AvgIpc) is 2.70. The molecule has 140 valence electrons. The molecular formula is C19H19BrN4O3. The van der Waals surface area contributed by atoms with Crippen LogP contribution in [0.25, 0.3) is 0 Å². The number of nitrogens with one attached hydrogen (secondary N) is 1. The van der Waals surface area contributed by atoms with Crippen molar-refractivity contribution in [3.05, 3.63) is 46.3 Å². The molecule has 0 aliphatic heterocycles. The predicted molar refractivity (Wildman–Crippen MR) is 102 cm³/mol. The van der Waals surface area contributed by atoms with Crippen molar-refractivity contribution in [3.8, 4) is 17.7 Å². The largest absolute Gasteiger partial charge is 0.497 e. The molecule has 0 saturated heterocycles. The molecule has 1 N–H and O–H groups in total. The third-order valence-electron chi connectivity index (χ3n) is 4.48. The summed E-state index contributed by atoms with van der Waals surface area (Å²) in [5.74, 6) is 0.774. The van der Waals surface area contributed by atoms with Crippen molar-refractivity contribution in [2.45, 2.75) is 37.8 Å². The normalized spacial score (nSPS) is 19.0. The van der Waals surface area contributed by atoms with Gasteiger partial charge in [-0.05, 0) is 59.8 Å². The Morgan fingerprint density at radius 3 is 2.70 bits per heavy atom. The van der Waals surface area contributed by atoms with E-state index in [2.05, 4.69) is 31.2 Å². The maximum atomic E-state index is 12.6. The number of nitriles is 1. The minimum Gasteiger partial charge on any atom is -0.497 e. The number of hydrogen-bond donors (Lipinski definition) is 1. The van der Waals surface area contributed by atoms with E-state index >= 15 is 0 Å². The van der Waals surface area contributed by atoms with Gasteiger partial charge in [-0.25, -0.2) is 9.97 Å². The van der Waals surface area contributed by atoms with Crippen LogP contribution in [0.2, 0.25) is 0 Å². The molecule has 1 saturated carbocycles. The summed E-state index contributed by atoms with van der Waals surface area (Å²) in [4.78, 5) is 20.6. The van der Waals surface area contributed by atoms with Gasteiger partial charge in [-0.1, -0.05) is 0 Å². The number of hydrogen-bond acceptors (Lipinski definition) is 6. The van der Waals surface area contributed by atoms with Gasteiger partial charge in [0.2, 0.25) is 5.69 Å². The van der Waals surface area contributed by atoms with Crippen molar-refractivity contribution < 1.29 is 14.3 Å². The molecule has 1 aliphatic carbocycles. The summed E-state index contributed by atoms with van der Waals surface area (Å²) >= 11 is 3.41. The zero-order valence-electron chi connectivity index (χ0n) is 14.8. The fourth-order valence-corrected chi connectivity index (χ4v) is 3.47. The Kier molecular flexibility index (Phi) is 6.24. The molecule has 0 bridgehead atoms. The van der Waals surface area contributed by atoms with Crippen molar-refractivity contribution in [1.82, 2.24) is 15.3 Å². The van der Waals surface area contributed by atoms with Crippen LogP contribution in [0.3, 0.4) is 0 Å². The van der Waals surface area contributed by atoms with Crippen LogP contribution in [0.5, 0.6) is 11.6 Å². The number of carbonyl (C=O) groups is 1. The standard InChI is InChI=1S/C19H19BrN4O3/c1-26-14-6-7-16(20)15(10-14)18(25)24-12-2-4-13(5-3-12)27-19-17(11-21)22-8-9-23-19/h6-10,12-13H,2-5H2,1H3,(H,24,25). The smallest absolute Gasteiger partial charge is 0.252 e. The predicted octanol–water partition coefficient (Wildman–Crippen LogP) is 3.24. The second-order valence-corrected chi connectivity index (χ2v) is 7.09. The number of halogens is 1. The number of ether oxygens (including phenoxy) is 2. The van der Waals surface area contributed by atoms with Crippen molar-refractivity contribution in [2.24, 2.45) is 0 Å². The number of carbonyl (C=O) groups excluding carboxylic acids is 1. The zero-order valence-corrected chi connectivity index (χ0v) is 16.4. The molecule has 0 spiro atoms. The van der Waals surface area contributed by atoms with Gasteiger partial charge in [0, 0.05) is 22.9 Å². The van der Waals surface area contributed by atoms with E-state index < -0.39 is 0 Å². The van der Waals surface area contributed by atoms with E-state index in [0.29, 0.717) is 11.3 Å². The fraction of sp³-hybridized carbons (Fsp3) is 0.368. The lowest BCUT2D eigenvalue weighted by Gasteiger charge is -2.29. The Labute approximate surface area is 165 Å². The first-order valence-electron chi connectivity index (χ1n) is 8.63. The molecular weight excluding hydrogens is 412 g/mol. The molecule has 1 heterocycles. The van der Waals surface area contributed by atoms with Crippen molar-refractivity contribution >= 4 is 21.8 Å². The first-order valence-corrected chi connectivity index (χ1v) is 9.42. The van der Waals surface area contributed by atoms with Crippen LogP contribution in [0.4, 0.5) is 0 Å². The highest BCUT2D eigenvalue weighted by atomic mass is 79.9. The maximum absolute atomic E-state index is 12.6. The van der Waals surface area contributed by atoms with Crippen LogP contribution in [0.1, 0.15) is 41.7 Å². The van der Waals surface area contributed by atoms with E-state index in [-0.39, 0.29) is 29.6 Å². The van der Waals surface area contributed by atoms with Crippen LogP contribution in [-0.4, -0.2) is 35.1 Å². The van der Waals surface area contributed by atoms with E-state index in [0.717, 1.165) is 30.2 Å². The van der Waals surface area contributed by atoms with Gasteiger partial charge < -0.3 is 14.8 Å². The van der Waals surface area contributed by atoms with Crippen LogP contribution >= 0.6 is 15.9 Å². The second kappa shape index (κ2) is 8.82. The first-order chi connectivity index (χ1) is 13.1. The van der Waals surface area contributed by atoms with Gasteiger partial charge in [-0.2, -0.15) is 5.26 Å². The van der Waals surface area contributed by atoms with Crippen LogP contribution in [-0.2, 0) is 0 Å². The lowest BCUT2D eigenvalue weighted by molar-refractivity contribution is 0.0888. The number of nitrogens with zero attached hydrogens (tertiary/aromatic N) is 3. The Bertz CT molecular complexity index is 860. The summed E-state index contributed by atoms with van der Waals surface area (Å²) in [6.45, 7) is 0. The highest BCUT2D eigenvalue weighted by molar-refractivity contribution is 9.10. The molecule has 1 aromatic carbocycles. The average molecular weight is 431 g/mol. The molecule has 2 aromatic rings. The van der Waals surface area contributed by atoms with E-state index in [4.69, 9.17) is 14.7 Å². The number of benzene rings is 1. The summed E-state index contributed by atoms with van der Waals surface area (Å²) in [7, 11) is 1.57. The fourth-order valence-electron chi connectivity index (χ4n) is 3.04. The molecule has 1 amide bonds. The van der Waals surface area contributed by atoms with Crippen molar-refractivity contribution in [2.75, 3.05) is 7.11 Å². The van der Waals surface area contributed by atoms with Crippen molar-refractivity contribution in [3.63, 3.8) is 0 Å². The topological polar surface area (TPSA) is 97.1 Å². The van der Waals surface area contributed by atoms with Gasteiger partial charge in [-0.3, -0.25) is 4.79 Å². The molecule has 0 atom stereocenters. The Morgan fingerprint density at radius 2 is 2.00 bits per heavy atom. The van der Waals surface area contributed by atoms with Crippen molar-refractivity contribution in [1.29, 1.82) is 5.26 Å². The lowest BCUT2D eigenvalue weighted by Crippen LogP contribution is -2.40. The number of aromatic nitrogens is 2. The highest BCUT2D eigenvalue weighted by Gasteiger charge is 2.25. The van der Waals surface area contributed by atoms with Gasteiger partial charge in [0.05, 0.1) is 12.7 Å². The molecule has 1 aromatic heterocycles. The highest BCUT2D eigenvalue weighted by Crippen LogP contribution is 2.26. The molecule has 8 heteroatoms. The molecule has 7 nitrogen and oxygen atoms in total. The summed E-state index contributed by atoms with van der Waals surface area (Å²) in [6.07, 6.45) is 6.06. The van der Waals surface area contributed by atoms with Gasteiger partial charge in [0.1, 0.15) is 17.9 Å². The minimum absolute atomic E-state index is 0.0366. The maximum Gasteiger partial charge on any atom is 0.252 e. The first kappa shape index (κ1) is 19.1. The third kappa shape index (κ3) is 4.74. The Hall–Kier alpha value is -2.66. The minimum atomic E-state index is -0.133. The Balaban J connectivity index is 1.55. The van der Waals surface area contributed by atoms with Gasteiger partial charge in [0.25, 0.3) is 11.8 Å². The second-order valence-electron chi connectivity index (χ2n) is 6.23. The molecule has 27 heavy (non-hydrogen) atoms. The zero-order chi connectivity index (χ0) is 19.2.